The molecule has 0 aliphatic heterocycles. The van der Waals surface area contributed by atoms with Crippen molar-refractivity contribution in [3.8, 4) is 5.75 Å². The summed E-state index contributed by atoms with van der Waals surface area (Å²) in [7, 11) is 0. The highest BCUT2D eigenvalue weighted by Crippen LogP contribution is 2.35. The number of hydrogen-bond donors (Lipinski definition) is 2. The molecular weight excluding hydrogens is 501 g/mol. The van der Waals surface area contributed by atoms with Crippen LogP contribution in [0.25, 0.3) is 0 Å². The molecule has 35 heavy (non-hydrogen) atoms. The van der Waals surface area contributed by atoms with Gasteiger partial charge in [0.15, 0.2) is 6.61 Å². The Morgan fingerprint density at radius 3 is 2.43 bits per heavy atom. The first kappa shape index (κ1) is 26.4. The van der Waals surface area contributed by atoms with Gasteiger partial charge in [-0.15, -0.1) is 11.8 Å². The van der Waals surface area contributed by atoms with Crippen LogP contribution in [-0.4, -0.2) is 23.7 Å². The van der Waals surface area contributed by atoms with Gasteiger partial charge in [-0.05, 0) is 55.0 Å². The predicted molar refractivity (Wildman–Crippen MR) is 132 cm³/mol. The highest BCUT2D eigenvalue weighted by atomic mass is 35.5. The van der Waals surface area contributed by atoms with E-state index in [0.29, 0.717) is 22.8 Å². The number of hydrogen-bond acceptors (Lipinski definition) is 4. The number of amides is 2. The van der Waals surface area contributed by atoms with E-state index in [4.69, 9.17) is 16.3 Å². The van der Waals surface area contributed by atoms with Crippen molar-refractivity contribution in [1.82, 2.24) is 0 Å². The Hall–Kier alpha value is -3.17. The third-order valence-corrected chi connectivity index (χ3v) is 6.41. The number of halogens is 4. The Balaban J connectivity index is 1.62. The molecule has 3 aromatic rings. The number of para-hydroxylation sites is 1. The monoisotopic (exact) mass is 522 g/mol. The van der Waals surface area contributed by atoms with Crippen molar-refractivity contribution in [2.45, 2.75) is 29.7 Å². The molecule has 0 saturated carbocycles. The van der Waals surface area contributed by atoms with Gasteiger partial charge in [0.2, 0.25) is 5.91 Å². The number of anilines is 2. The third-order valence-electron chi connectivity index (χ3n) is 4.72. The second-order valence-electron chi connectivity index (χ2n) is 7.37. The summed E-state index contributed by atoms with van der Waals surface area (Å²) in [6, 6.07) is 18.6. The molecule has 0 aliphatic carbocycles. The number of carbonyl (C=O) groups excluding carboxylic acids is 2. The zero-order valence-electron chi connectivity index (χ0n) is 18.6. The Bertz CT molecular complexity index is 1180. The Kier molecular flexibility index (Phi) is 9.06. The van der Waals surface area contributed by atoms with E-state index < -0.39 is 22.9 Å². The minimum atomic E-state index is -4.56. The number of thioether (sulfide) groups is 1. The van der Waals surface area contributed by atoms with Gasteiger partial charge in [0.05, 0.1) is 21.5 Å². The van der Waals surface area contributed by atoms with E-state index in [1.165, 1.54) is 11.8 Å². The molecule has 1 unspecified atom stereocenters. The largest absolute Gasteiger partial charge is 0.484 e. The van der Waals surface area contributed by atoms with Gasteiger partial charge in [-0.2, -0.15) is 13.2 Å². The fraction of sp³-hybridized carbons (Fsp3) is 0.200. The lowest BCUT2D eigenvalue weighted by molar-refractivity contribution is -0.137. The van der Waals surface area contributed by atoms with Crippen LogP contribution in [0.4, 0.5) is 24.5 Å². The summed E-state index contributed by atoms with van der Waals surface area (Å²) in [5.74, 6) is -0.256. The van der Waals surface area contributed by atoms with Crippen LogP contribution >= 0.6 is 23.4 Å². The number of benzene rings is 3. The SMILES string of the molecule is CCC(Sc1cccc(NC(=O)COc2ccccc2)c1)C(=O)Nc1cc(C(F)(F)F)ccc1Cl. The van der Waals surface area contributed by atoms with E-state index in [1.54, 1.807) is 55.5 Å². The van der Waals surface area contributed by atoms with Crippen molar-refractivity contribution < 1.29 is 27.5 Å². The van der Waals surface area contributed by atoms with Crippen molar-refractivity contribution >= 4 is 46.6 Å². The second-order valence-corrected chi connectivity index (χ2v) is 9.06. The van der Waals surface area contributed by atoms with Crippen LogP contribution in [0, 0.1) is 0 Å². The number of nitrogens with one attached hydrogen (secondary N) is 2. The van der Waals surface area contributed by atoms with Gasteiger partial charge in [0.25, 0.3) is 5.91 Å². The summed E-state index contributed by atoms with van der Waals surface area (Å²) in [6.07, 6.45) is -4.14. The van der Waals surface area contributed by atoms with E-state index >= 15 is 0 Å². The fourth-order valence-electron chi connectivity index (χ4n) is 3.01. The predicted octanol–water partition coefficient (Wildman–Crippen LogP) is 6.89. The minimum Gasteiger partial charge on any atom is -0.484 e. The molecule has 184 valence electrons. The first-order valence-corrected chi connectivity index (χ1v) is 11.8. The quantitative estimate of drug-likeness (QED) is 0.300. The van der Waals surface area contributed by atoms with E-state index in [9.17, 15) is 22.8 Å². The van der Waals surface area contributed by atoms with Gasteiger partial charge >= 0.3 is 6.18 Å². The molecule has 5 nitrogen and oxygen atoms in total. The molecule has 10 heteroatoms. The topological polar surface area (TPSA) is 67.4 Å². The summed E-state index contributed by atoms with van der Waals surface area (Å²) in [5.41, 5.74) is -0.490. The molecule has 3 aromatic carbocycles. The lowest BCUT2D eigenvalue weighted by Crippen LogP contribution is -2.25. The maximum Gasteiger partial charge on any atom is 0.416 e. The Morgan fingerprint density at radius 2 is 1.74 bits per heavy atom. The fourth-order valence-corrected chi connectivity index (χ4v) is 4.19. The van der Waals surface area contributed by atoms with Gasteiger partial charge in [-0.3, -0.25) is 9.59 Å². The van der Waals surface area contributed by atoms with Crippen molar-refractivity contribution in [2.24, 2.45) is 0 Å². The number of carbonyl (C=O) groups is 2. The smallest absolute Gasteiger partial charge is 0.416 e. The highest BCUT2D eigenvalue weighted by molar-refractivity contribution is 8.00. The van der Waals surface area contributed by atoms with Crippen LogP contribution in [0.3, 0.4) is 0 Å². The van der Waals surface area contributed by atoms with Crippen molar-refractivity contribution in [3.05, 3.63) is 83.4 Å². The van der Waals surface area contributed by atoms with Gasteiger partial charge in [-0.25, -0.2) is 0 Å². The zero-order chi connectivity index (χ0) is 25.4. The summed E-state index contributed by atoms with van der Waals surface area (Å²) < 4.78 is 44.5. The molecule has 0 fully saturated rings. The Labute approximate surface area is 210 Å². The normalized spacial score (nSPS) is 12.0. The number of ether oxygens (including phenoxy) is 1. The minimum absolute atomic E-state index is 0.00799. The molecule has 2 amide bonds. The van der Waals surface area contributed by atoms with Crippen LogP contribution < -0.4 is 15.4 Å². The van der Waals surface area contributed by atoms with Crippen molar-refractivity contribution in [1.29, 1.82) is 0 Å². The van der Waals surface area contributed by atoms with E-state index in [1.807, 2.05) is 6.07 Å². The van der Waals surface area contributed by atoms with Gasteiger partial charge in [0.1, 0.15) is 5.75 Å². The van der Waals surface area contributed by atoms with E-state index in [0.717, 1.165) is 18.2 Å². The molecule has 0 bridgehead atoms. The lowest BCUT2D eigenvalue weighted by Gasteiger charge is -2.17. The molecule has 0 aliphatic rings. The van der Waals surface area contributed by atoms with Gasteiger partial charge in [0, 0.05) is 10.6 Å². The zero-order valence-corrected chi connectivity index (χ0v) is 20.1. The highest BCUT2D eigenvalue weighted by Gasteiger charge is 2.31. The van der Waals surface area contributed by atoms with Crippen LogP contribution in [-0.2, 0) is 15.8 Å². The lowest BCUT2D eigenvalue weighted by atomic mass is 10.2. The first-order chi connectivity index (χ1) is 16.7. The second kappa shape index (κ2) is 12.0. The number of alkyl halides is 3. The summed E-state index contributed by atoms with van der Waals surface area (Å²) in [4.78, 5) is 25.7. The average molecular weight is 523 g/mol. The van der Waals surface area contributed by atoms with Crippen LogP contribution in [0.2, 0.25) is 5.02 Å². The van der Waals surface area contributed by atoms with Crippen LogP contribution in [0.15, 0.2) is 77.7 Å². The molecule has 0 radical (unpaired) electrons. The molecule has 0 heterocycles. The first-order valence-electron chi connectivity index (χ1n) is 10.6. The molecule has 0 saturated heterocycles. The maximum atomic E-state index is 13.0. The molecule has 1 atom stereocenters. The van der Waals surface area contributed by atoms with Crippen molar-refractivity contribution in [3.63, 3.8) is 0 Å². The van der Waals surface area contributed by atoms with E-state index in [2.05, 4.69) is 10.6 Å². The Morgan fingerprint density at radius 1 is 1.00 bits per heavy atom. The van der Waals surface area contributed by atoms with Crippen LogP contribution in [0.1, 0.15) is 18.9 Å². The molecule has 3 rings (SSSR count). The average Bonchev–Trinajstić information content (AvgIpc) is 2.82. The summed E-state index contributed by atoms with van der Waals surface area (Å²) >= 11 is 7.22. The molecule has 0 spiro atoms. The molecular formula is C25H22ClF3N2O3S. The summed E-state index contributed by atoms with van der Waals surface area (Å²) in [6.45, 7) is 1.62. The van der Waals surface area contributed by atoms with E-state index in [-0.39, 0.29) is 23.2 Å². The van der Waals surface area contributed by atoms with Crippen molar-refractivity contribution in [2.75, 3.05) is 17.2 Å². The molecule has 2 N–H and O–H groups in total. The molecule has 0 aromatic heterocycles. The third kappa shape index (κ3) is 7.93. The summed E-state index contributed by atoms with van der Waals surface area (Å²) in [5, 5.41) is 4.64. The maximum absolute atomic E-state index is 13.0. The van der Waals surface area contributed by atoms with Crippen LogP contribution in [0.5, 0.6) is 5.75 Å². The van der Waals surface area contributed by atoms with Gasteiger partial charge < -0.3 is 15.4 Å². The number of rotatable bonds is 9. The standard InChI is InChI=1S/C25H22ClF3N2O3S/c1-2-22(24(33)31-21-13-16(25(27,28)29)11-12-20(21)26)35-19-10-6-7-17(14-19)30-23(32)15-34-18-8-4-3-5-9-18/h3-14,22H,2,15H2,1H3,(H,30,32)(H,31,33). The van der Waals surface area contributed by atoms with Gasteiger partial charge in [-0.1, -0.05) is 42.8 Å².